The first-order valence-electron chi connectivity index (χ1n) is 7.81. The number of nitrogens with one attached hydrogen (secondary N) is 1. The molecule has 0 saturated carbocycles. The van der Waals surface area contributed by atoms with Gasteiger partial charge in [0.05, 0.1) is 36.4 Å². The van der Waals surface area contributed by atoms with E-state index in [1.54, 1.807) is 35.3 Å². The highest BCUT2D eigenvalue weighted by Gasteiger charge is 2.14. The third-order valence-electron chi connectivity index (χ3n) is 4.09. The van der Waals surface area contributed by atoms with Crippen LogP contribution in [0.25, 0.3) is 5.95 Å². The van der Waals surface area contributed by atoms with Crippen molar-refractivity contribution in [3.05, 3.63) is 59.2 Å². The van der Waals surface area contributed by atoms with Crippen LogP contribution < -0.4 is 10.1 Å². The molecule has 1 N–H and O–H groups in total. The smallest absolute Gasteiger partial charge is 0.259 e. The Bertz CT molecular complexity index is 916. The van der Waals surface area contributed by atoms with Crippen molar-refractivity contribution in [3.8, 4) is 11.7 Å². The molecule has 0 spiro atoms. The van der Waals surface area contributed by atoms with Crippen LogP contribution in [-0.2, 0) is 0 Å². The third kappa shape index (κ3) is 3.21. The largest absolute Gasteiger partial charge is 0.496 e. The molecule has 128 valence electrons. The molecule has 1 amide bonds. The van der Waals surface area contributed by atoms with E-state index in [1.165, 1.54) is 7.11 Å². The van der Waals surface area contributed by atoms with Crippen molar-refractivity contribution < 1.29 is 9.53 Å². The van der Waals surface area contributed by atoms with Gasteiger partial charge in [0.25, 0.3) is 11.9 Å². The highest BCUT2D eigenvalue weighted by atomic mass is 16.5. The first-order valence-corrected chi connectivity index (χ1v) is 7.81. The predicted molar refractivity (Wildman–Crippen MR) is 94.3 cm³/mol. The highest BCUT2D eigenvalue weighted by molar-refractivity contribution is 6.06. The second-order valence-corrected chi connectivity index (χ2v) is 5.63. The zero-order valence-corrected chi connectivity index (χ0v) is 14.6. The second kappa shape index (κ2) is 6.72. The van der Waals surface area contributed by atoms with E-state index in [-0.39, 0.29) is 5.91 Å². The van der Waals surface area contributed by atoms with Crippen LogP contribution in [0, 0.1) is 20.8 Å². The fraction of sp³-hybridized carbons (Fsp3) is 0.222. The molecule has 0 saturated heterocycles. The Morgan fingerprint density at radius 3 is 2.40 bits per heavy atom. The molecule has 25 heavy (non-hydrogen) atoms. The van der Waals surface area contributed by atoms with Crippen molar-refractivity contribution >= 4 is 11.6 Å². The van der Waals surface area contributed by atoms with Crippen LogP contribution in [0.3, 0.4) is 0 Å². The average Bonchev–Trinajstić information content (AvgIpc) is 2.89. The van der Waals surface area contributed by atoms with Gasteiger partial charge in [-0.05, 0) is 38.5 Å². The van der Waals surface area contributed by atoms with Gasteiger partial charge >= 0.3 is 0 Å². The molecule has 0 aliphatic heterocycles. The van der Waals surface area contributed by atoms with Crippen molar-refractivity contribution in [2.45, 2.75) is 20.8 Å². The van der Waals surface area contributed by atoms with E-state index in [4.69, 9.17) is 4.74 Å². The van der Waals surface area contributed by atoms with Gasteiger partial charge < -0.3 is 10.1 Å². The standard InChI is InChI=1S/C18H19N5O2/c1-11-12(2)22-23(13(11)3)18-19-9-14(10-20-18)21-17(24)15-7-5-6-8-16(15)25-4/h5-10H,1-4H3,(H,21,24). The first kappa shape index (κ1) is 16.6. The molecule has 0 radical (unpaired) electrons. The molecule has 0 fully saturated rings. The average molecular weight is 337 g/mol. The summed E-state index contributed by atoms with van der Waals surface area (Å²) in [6.45, 7) is 5.92. The SMILES string of the molecule is COc1ccccc1C(=O)Nc1cnc(-n2nc(C)c(C)c2C)nc1. The Morgan fingerprint density at radius 1 is 1.12 bits per heavy atom. The number of hydrogen-bond acceptors (Lipinski definition) is 5. The number of rotatable bonds is 4. The molecule has 0 aliphatic carbocycles. The summed E-state index contributed by atoms with van der Waals surface area (Å²) in [5, 5.41) is 7.20. The number of carbonyl (C=O) groups excluding carboxylic acids is 1. The molecule has 0 atom stereocenters. The van der Waals surface area contributed by atoms with Crippen LogP contribution >= 0.6 is 0 Å². The van der Waals surface area contributed by atoms with Crippen LogP contribution in [0.2, 0.25) is 0 Å². The maximum atomic E-state index is 12.4. The molecular weight excluding hydrogens is 318 g/mol. The fourth-order valence-electron chi connectivity index (χ4n) is 2.44. The van der Waals surface area contributed by atoms with Gasteiger partial charge in [0, 0.05) is 5.69 Å². The Labute approximate surface area is 145 Å². The van der Waals surface area contributed by atoms with E-state index in [0.29, 0.717) is 22.9 Å². The maximum Gasteiger partial charge on any atom is 0.259 e. The number of carbonyl (C=O) groups is 1. The third-order valence-corrected chi connectivity index (χ3v) is 4.09. The van der Waals surface area contributed by atoms with Gasteiger partial charge in [-0.3, -0.25) is 4.79 Å². The highest BCUT2D eigenvalue weighted by Crippen LogP contribution is 2.19. The van der Waals surface area contributed by atoms with Crippen molar-refractivity contribution in [1.29, 1.82) is 0 Å². The van der Waals surface area contributed by atoms with Gasteiger partial charge in [-0.1, -0.05) is 12.1 Å². The predicted octanol–water partition coefficient (Wildman–Crippen LogP) is 2.85. The fourth-order valence-corrected chi connectivity index (χ4v) is 2.44. The van der Waals surface area contributed by atoms with Crippen molar-refractivity contribution in [2.24, 2.45) is 0 Å². The topological polar surface area (TPSA) is 81.9 Å². The summed E-state index contributed by atoms with van der Waals surface area (Å²) in [7, 11) is 1.53. The van der Waals surface area contributed by atoms with Gasteiger partial charge in [-0.2, -0.15) is 5.10 Å². The van der Waals surface area contributed by atoms with Crippen molar-refractivity contribution in [3.63, 3.8) is 0 Å². The minimum Gasteiger partial charge on any atom is -0.496 e. The number of anilines is 1. The quantitative estimate of drug-likeness (QED) is 0.791. The lowest BCUT2D eigenvalue weighted by Crippen LogP contribution is -2.14. The molecule has 0 bridgehead atoms. The number of aromatic nitrogens is 4. The van der Waals surface area contributed by atoms with Gasteiger partial charge in [-0.15, -0.1) is 0 Å². The second-order valence-electron chi connectivity index (χ2n) is 5.63. The number of hydrogen-bond donors (Lipinski definition) is 1. The number of aryl methyl sites for hydroxylation is 1. The van der Waals surface area contributed by atoms with E-state index in [2.05, 4.69) is 20.4 Å². The van der Waals surface area contributed by atoms with Crippen LogP contribution in [-0.4, -0.2) is 32.8 Å². The summed E-state index contributed by atoms with van der Waals surface area (Å²) in [6, 6.07) is 7.02. The number of amides is 1. The van der Waals surface area contributed by atoms with Gasteiger partial charge in [0.1, 0.15) is 5.75 Å². The summed E-state index contributed by atoms with van der Waals surface area (Å²) < 4.78 is 6.90. The zero-order chi connectivity index (χ0) is 18.0. The maximum absolute atomic E-state index is 12.4. The molecule has 2 aromatic heterocycles. The summed E-state index contributed by atoms with van der Waals surface area (Å²) in [4.78, 5) is 21.0. The lowest BCUT2D eigenvalue weighted by atomic mass is 10.2. The Balaban J connectivity index is 1.81. The molecule has 3 aromatic rings. The minimum atomic E-state index is -0.282. The first-order chi connectivity index (χ1) is 12.0. The Hall–Kier alpha value is -3.22. The van der Waals surface area contributed by atoms with Gasteiger partial charge in [-0.25, -0.2) is 14.6 Å². The minimum absolute atomic E-state index is 0.282. The lowest BCUT2D eigenvalue weighted by molar-refractivity contribution is 0.102. The molecule has 0 unspecified atom stereocenters. The summed E-state index contributed by atoms with van der Waals surface area (Å²) in [5.74, 6) is 0.690. The van der Waals surface area contributed by atoms with Gasteiger partial charge in [0.15, 0.2) is 0 Å². The molecule has 1 aromatic carbocycles. The number of para-hydroxylation sites is 1. The lowest BCUT2D eigenvalue weighted by Gasteiger charge is -2.09. The number of nitrogens with zero attached hydrogens (tertiary/aromatic N) is 4. The van der Waals surface area contributed by atoms with E-state index in [9.17, 15) is 4.79 Å². The number of methoxy groups -OCH3 is 1. The van der Waals surface area contributed by atoms with Gasteiger partial charge in [0.2, 0.25) is 0 Å². The normalized spacial score (nSPS) is 10.6. The van der Waals surface area contributed by atoms with Crippen LogP contribution in [0.4, 0.5) is 5.69 Å². The molecule has 7 nitrogen and oxygen atoms in total. The number of benzene rings is 1. The number of ether oxygens (including phenoxy) is 1. The van der Waals surface area contributed by atoms with Crippen LogP contribution in [0.15, 0.2) is 36.7 Å². The zero-order valence-electron chi connectivity index (χ0n) is 14.6. The van der Waals surface area contributed by atoms with E-state index < -0.39 is 0 Å². The molecule has 7 heteroatoms. The van der Waals surface area contributed by atoms with Crippen LogP contribution in [0.1, 0.15) is 27.3 Å². The Morgan fingerprint density at radius 2 is 1.80 bits per heavy atom. The molecule has 0 aliphatic rings. The van der Waals surface area contributed by atoms with Crippen LogP contribution in [0.5, 0.6) is 5.75 Å². The molecule has 3 rings (SSSR count). The monoisotopic (exact) mass is 337 g/mol. The summed E-state index contributed by atoms with van der Waals surface area (Å²) >= 11 is 0. The van der Waals surface area contributed by atoms with Crippen molar-refractivity contribution in [2.75, 3.05) is 12.4 Å². The van der Waals surface area contributed by atoms with E-state index in [0.717, 1.165) is 17.0 Å². The Kier molecular flexibility index (Phi) is 4.47. The summed E-state index contributed by atoms with van der Waals surface area (Å²) in [6.07, 6.45) is 3.11. The molecular formula is C18H19N5O2. The van der Waals surface area contributed by atoms with Crippen molar-refractivity contribution in [1.82, 2.24) is 19.7 Å². The van der Waals surface area contributed by atoms with E-state index in [1.807, 2.05) is 26.8 Å². The van der Waals surface area contributed by atoms with E-state index >= 15 is 0 Å². The molecule has 2 heterocycles. The summed E-state index contributed by atoms with van der Waals surface area (Å²) in [5.41, 5.74) is 3.98.